The predicted octanol–water partition coefficient (Wildman–Crippen LogP) is -1.79. The molecule has 0 aliphatic carbocycles. The highest BCUT2D eigenvalue weighted by Crippen LogP contribution is 2.20. The number of hydrogen-bond acceptors (Lipinski definition) is 7. The van der Waals surface area contributed by atoms with Gasteiger partial charge in [0, 0.05) is 18.7 Å². The lowest BCUT2D eigenvalue weighted by Crippen LogP contribution is -2.48. The van der Waals surface area contributed by atoms with Gasteiger partial charge in [-0.2, -0.15) is 0 Å². The molecule has 2 atom stereocenters. The monoisotopic (exact) mass is 327 g/mol. The minimum Gasteiger partial charge on any atom is -0.395 e. The zero-order valence-corrected chi connectivity index (χ0v) is 12.0. The molecule has 0 radical (unpaired) electrons. The van der Waals surface area contributed by atoms with Crippen molar-refractivity contribution in [1.29, 1.82) is 0 Å². The molecule has 0 aliphatic rings. The van der Waals surface area contributed by atoms with Crippen LogP contribution in [0.15, 0.2) is 24.3 Å². The van der Waals surface area contributed by atoms with E-state index in [0.717, 1.165) is 0 Å². The third kappa shape index (κ3) is 5.29. The van der Waals surface area contributed by atoms with Crippen LogP contribution < -0.4 is 10.6 Å². The fraction of sp³-hybridized carbons (Fsp3) is 0.385. The number of rotatable bonds is 7. The molecule has 0 bridgehead atoms. The van der Waals surface area contributed by atoms with Gasteiger partial charge < -0.3 is 26.0 Å². The molecule has 0 unspecified atom stereocenters. The van der Waals surface area contributed by atoms with Crippen molar-refractivity contribution < 1.29 is 29.8 Å². The van der Waals surface area contributed by atoms with Gasteiger partial charge in [0.05, 0.1) is 24.2 Å². The number of amides is 2. The topological polar surface area (TPSA) is 162 Å². The van der Waals surface area contributed by atoms with Gasteiger partial charge in [0.15, 0.2) is 0 Å². The molecular formula is C13H17N3O7. The number of benzene rings is 1. The molecule has 1 aromatic rings. The number of nitro benzene ring substituents is 1. The highest BCUT2D eigenvalue weighted by Gasteiger charge is 2.25. The molecule has 0 fully saturated rings. The third-order valence-corrected chi connectivity index (χ3v) is 2.94. The largest absolute Gasteiger partial charge is 0.395 e. The molecule has 23 heavy (non-hydrogen) atoms. The Morgan fingerprint density at radius 1 is 1.17 bits per heavy atom. The Morgan fingerprint density at radius 3 is 2.26 bits per heavy atom. The van der Waals surface area contributed by atoms with Gasteiger partial charge in [0.25, 0.3) is 5.69 Å². The van der Waals surface area contributed by atoms with Crippen LogP contribution in [0, 0.1) is 10.1 Å². The number of carbonyl (C=O) groups is 2. The molecule has 0 aliphatic heterocycles. The summed E-state index contributed by atoms with van der Waals surface area (Å²) >= 11 is 0. The van der Waals surface area contributed by atoms with Gasteiger partial charge in [0.2, 0.25) is 0 Å². The molecule has 0 aromatic heterocycles. The van der Waals surface area contributed by atoms with E-state index in [4.69, 9.17) is 5.11 Å². The number of nitro groups is 1. The van der Waals surface area contributed by atoms with E-state index in [0.29, 0.717) is 0 Å². The molecule has 1 rings (SSSR count). The lowest BCUT2D eigenvalue weighted by Gasteiger charge is -2.22. The molecule has 0 heterocycles. The molecule has 0 spiro atoms. The van der Waals surface area contributed by atoms with Crippen molar-refractivity contribution in [3.8, 4) is 0 Å². The first-order valence-electron chi connectivity index (χ1n) is 6.63. The van der Waals surface area contributed by atoms with Crippen LogP contribution in [0.1, 0.15) is 11.7 Å². The molecule has 10 nitrogen and oxygen atoms in total. The Kier molecular flexibility index (Phi) is 7.06. The van der Waals surface area contributed by atoms with Gasteiger partial charge in [-0.1, -0.05) is 0 Å². The van der Waals surface area contributed by atoms with Gasteiger partial charge in [-0.15, -0.1) is 0 Å². The molecular weight excluding hydrogens is 310 g/mol. The van der Waals surface area contributed by atoms with Crippen molar-refractivity contribution in [3.63, 3.8) is 0 Å². The first-order valence-corrected chi connectivity index (χ1v) is 6.63. The Labute approximate surface area is 130 Å². The maximum Gasteiger partial charge on any atom is 0.309 e. The Hall–Kier alpha value is -2.56. The molecule has 10 heteroatoms. The molecule has 2 amide bonds. The van der Waals surface area contributed by atoms with Crippen LogP contribution in [-0.2, 0) is 9.59 Å². The zero-order chi connectivity index (χ0) is 17.4. The maximum atomic E-state index is 11.6. The quantitative estimate of drug-likeness (QED) is 0.224. The second-order valence-electron chi connectivity index (χ2n) is 4.54. The lowest BCUT2D eigenvalue weighted by atomic mass is 10.0. The number of nitrogens with one attached hydrogen (secondary N) is 2. The third-order valence-electron chi connectivity index (χ3n) is 2.94. The first kappa shape index (κ1) is 18.5. The van der Waals surface area contributed by atoms with E-state index >= 15 is 0 Å². The highest BCUT2D eigenvalue weighted by molar-refractivity contribution is 6.35. The smallest absolute Gasteiger partial charge is 0.309 e. The van der Waals surface area contributed by atoms with Crippen LogP contribution in [0.3, 0.4) is 0 Å². The van der Waals surface area contributed by atoms with Crippen molar-refractivity contribution in [2.45, 2.75) is 12.1 Å². The summed E-state index contributed by atoms with van der Waals surface area (Å²) in [4.78, 5) is 32.9. The van der Waals surface area contributed by atoms with Crippen molar-refractivity contribution in [2.75, 3.05) is 19.8 Å². The molecule has 126 valence electrons. The SMILES string of the molecule is O=C(NCCO)C(=O)N[C@H](CO)[C@H](O)c1ccc([N+](=O)[O-])cc1. The fourth-order valence-electron chi connectivity index (χ4n) is 1.73. The van der Waals surface area contributed by atoms with Gasteiger partial charge in [-0.05, 0) is 17.7 Å². The Bertz CT molecular complexity index is 561. The molecule has 0 saturated carbocycles. The standard InChI is InChI=1S/C13H17N3O7/c17-6-5-14-12(20)13(21)15-10(7-18)11(19)8-1-3-9(4-2-8)16(22)23/h1-4,10-11,17-19H,5-7H2,(H,14,20)(H,15,21)/t10-,11-/m1/s1. The summed E-state index contributed by atoms with van der Waals surface area (Å²) in [5.74, 6) is -2.10. The average molecular weight is 327 g/mol. The van der Waals surface area contributed by atoms with Crippen molar-refractivity contribution >= 4 is 17.5 Å². The summed E-state index contributed by atoms with van der Waals surface area (Å²) in [5.41, 5.74) is 0.0552. The summed E-state index contributed by atoms with van der Waals surface area (Å²) < 4.78 is 0. The Balaban J connectivity index is 2.74. The van der Waals surface area contributed by atoms with Crippen LogP contribution >= 0.6 is 0 Å². The highest BCUT2D eigenvalue weighted by atomic mass is 16.6. The van der Waals surface area contributed by atoms with E-state index in [1.165, 1.54) is 24.3 Å². The van der Waals surface area contributed by atoms with Crippen LogP contribution in [0.4, 0.5) is 5.69 Å². The summed E-state index contributed by atoms with van der Waals surface area (Å²) in [6.07, 6.45) is -1.37. The summed E-state index contributed by atoms with van der Waals surface area (Å²) in [6.45, 7) is -1.11. The van der Waals surface area contributed by atoms with Crippen molar-refractivity contribution in [1.82, 2.24) is 10.6 Å². The normalized spacial score (nSPS) is 13.0. The van der Waals surface area contributed by atoms with Crippen LogP contribution in [0.25, 0.3) is 0 Å². The van der Waals surface area contributed by atoms with E-state index in [2.05, 4.69) is 10.6 Å². The van der Waals surface area contributed by atoms with Gasteiger partial charge >= 0.3 is 11.8 Å². The van der Waals surface area contributed by atoms with E-state index in [9.17, 15) is 29.9 Å². The van der Waals surface area contributed by atoms with Crippen molar-refractivity contribution in [2.24, 2.45) is 0 Å². The number of aliphatic hydroxyl groups excluding tert-OH is 3. The summed E-state index contributed by atoms with van der Waals surface area (Å²) in [5, 5.41) is 42.7. The van der Waals surface area contributed by atoms with E-state index in [-0.39, 0.29) is 24.4 Å². The maximum absolute atomic E-state index is 11.6. The van der Waals surface area contributed by atoms with E-state index in [1.54, 1.807) is 0 Å². The number of carbonyl (C=O) groups excluding carboxylic acids is 2. The van der Waals surface area contributed by atoms with Crippen LogP contribution in [0.2, 0.25) is 0 Å². The van der Waals surface area contributed by atoms with E-state index in [1.807, 2.05) is 0 Å². The first-order chi connectivity index (χ1) is 10.9. The molecule has 1 aromatic carbocycles. The molecule has 5 N–H and O–H groups in total. The van der Waals surface area contributed by atoms with Crippen LogP contribution in [0.5, 0.6) is 0 Å². The van der Waals surface area contributed by atoms with Gasteiger partial charge in [-0.3, -0.25) is 19.7 Å². The zero-order valence-electron chi connectivity index (χ0n) is 12.0. The summed E-state index contributed by atoms with van der Waals surface area (Å²) in [6, 6.07) is 3.72. The second kappa shape index (κ2) is 8.78. The van der Waals surface area contributed by atoms with Gasteiger partial charge in [0.1, 0.15) is 6.10 Å². The van der Waals surface area contributed by atoms with Gasteiger partial charge in [-0.25, -0.2) is 0 Å². The minimum atomic E-state index is -1.37. The Morgan fingerprint density at radius 2 is 1.78 bits per heavy atom. The van der Waals surface area contributed by atoms with E-state index < -0.39 is 35.5 Å². The summed E-state index contributed by atoms with van der Waals surface area (Å²) in [7, 11) is 0. The number of hydrogen-bond donors (Lipinski definition) is 5. The number of nitrogens with zero attached hydrogens (tertiary/aromatic N) is 1. The molecule has 0 saturated heterocycles. The second-order valence-corrected chi connectivity index (χ2v) is 4.54. The van der Waals surface area contributed by atoms with Crippen LogP contribution in [-0.4, -0.2) is 57.9 Å². The van der Waals surface area contributed by atoms with Crippen molar-refractivity contribution in [3.05, 3.63) is 39.9 Å². The number of non-ortho nitro benzene ring substituents is 1. The average Bonchev–Trinajstić information content (AvgIpc) is 2.56. The number of aliphatic hydroxyl groups is 3. The minimum absolute atomic E-state index is 0.110. The lowest BCUT2D eigenvalue weighted by molar-refractivity contribution is -0.384. The predicted molar refractivity (Wildman–Crippen MR) is 77.2 cm³/mol. The fourth-order valence-corrected chi connectivity index (χ4v) is 1.73.